The van der Waals surface area contributed by atoms with Crippen molar-refractivity contribution in [3.63, 3.8) is 0 Å². The molecule has 150 valence electrons. The molecule has 1 saturated heterocycles. The fourth-order valence-electron chi connectivity index (χ4n) is 3.00. The number of likely N-dealkylation sites (tertiary alicyclic amines) is 1. The van der Waals surface area contributed by atoms with Gasteiger partial charge in [0.15, 0.2) is 0 Å². The molecule has 0 saturated carbocycles. The third-order valence-electron chi connectivity index (χ3n) is 4.56. The van der Waals surface area contributed by atoms with Gasteiger partial charge in [-0.15, -0.1) is 0 Å². The van der Waals surface area contributed by atoms with E-state index in [2.05, 4.69) is 4.72 Å². The normalized spacial score (nSPS) is 15.5. The van der Waals surface area contributed by atoms with Crippen LogP contribution < -0.4 is 4.72 Å². The average Bonchev–Trinajstić information content (AvgIpc) is 2.63. The maximum Gasteiger partial charge on any atom is 0.264 e. The zero-order valence-electron chi connectivity index (χ0n) is 14.9. The van der Waals surface area contributed by atoms with Gasteiger partial charge in [0.1, 0.15) is 16.5 Å². The summed E-state index contributed by atoms with van der Waals surface area (Å²) in [6.07, 6.45) is 0.927. The number of hydrogen-bond donors (Lipinski definition) is 2. The van der Waals surface area contributed by atoms with Gasteiger partial charge in [0, 0.05) is 24.8 Å². The highest BCUT2D eigenvalue weighted by Crippen LogP contribution is 2.20. The lowest BCUT2D eigenvalue weighted by Crippen LogP contribution is -2.40. The van der Waals surface area contributed by atoms with Crippen LogP contribution in [0.5, 0.6) is 0 Å². The molecule has 0 aromatic heterocycles. The maximum atomic E-state index is 13.7. The number of carbonyl (C=O) groups is 1. The van der Waals surface area contributed by atoms with Gasteiger partial charge in [-0.25, -0.2) is 17.2 Å². The van der Waals surface area contributed by atoms with Gasteiger partial charge < -0.3 is 10.0 Å². The fraction of sp³-hybridized carbons (Fsp3) is 0.316. The number of halogens is 2. The van der Waals surface area contributed by atoms with Crippen LogP contribution in [-0.4, -0.2) is 43.5 Å². The SMILES string of the molecule is O=C(Cc1ccc(NS(=O)(=O)c2ccc(F)cc2F)cc1)N1CCC(O)CC1. The average molecular weight is 410 g/mol. The molecule has 1 aliphatic heterocycles. The monoisotopic (exact) mass is 410 g/mol. The first-order chi connectivity index (χ1) is 13.2. The van der Waals surface area contributed by atoms with E-state index in [0.29, 0.717) is 37.6 Å². The van der Waals surface area contributed by atoms with E-state index in [4.69, 9.17) is 0 Å². The van der Waals surface area contributed by atoms with Gasteiger partial charge >= 0.3 is 0 Å². The van der Waals surface area contributed by atoms with Gasteiger partial charge in [0.05, 0.1) is 12.5 Å². The molecule has 0 aliphatic carbocycles. The Morgan fingerprint density at radius 1 is 1.11 bits per heavy atom. The number of sulfonamides is 1. The minimum absolute atomic E-state index is 0.0615. The number of piperidine rings is 1. The van der Waals surface area contributed by atoms with Crippen molar-refractivity contribution >= 4 is 21.6 Å². The van der Waals surface area contributed by atoms with Gasteiger partial charge in [-0.3, -0.25) is 9.52 Å². The highest BCUT2D eigenvalue weighted by Gasteiger charge is 2.22. The lowest BCUT2D eigenvalue weighted by molar-refractivity contribution is -0.132. The number of nitrogens with zero attached hydrogens (tertiary/aromatic N) is 1. The summed E-state index contributed by atoms with van der Waals surface area (Å²) in [5.41, 5.74) is 0.896. The molecule has 1 fully saturated rings. The van der Waals surface area contributed by atoms with Crippen molar-refractivity contribution < 1.29 is 27.1 Å². The number of anilines is 1. The van der Waals surface area contributed by atoms with Crippen LogP contribution in [0.25, 0.3) is 0 Å². The molecular weight excluding hydrogens is 390 g/mol. The molecule has 0 atom stereocenters. The molecule has 0 unspecified atom stereocenters. The van der Waals surface area contributed by atoms with E-state index < -0.39 is 26.6 Å². The van der Waals surface area contributed by atoms with Gasteiger partial charge in [0.2, 0.25) is 5.91 Å². The van der Waals surface area contributed by atoms with Crippen LogP contribution in [0.15, 0.2) is 47.4 Å². The summed E-state index contributed by atoms with van der Waals surface area (Å²) in [5, 5.41) is 9.50. The molecule has 9 heteroatoms. The Bertz CT molecular complexity index is 956. The molecule has 6 nitrogen and oxygen atoms in total. The second-order valence-electron chi connectivity index (χ2n) is 6.67. The summed E-state index contributed by atoms with van der Waals surface area (Å²) in [7, 11) is -4.21. The van der Waals surface area contributed by atoms with Gasteiger partial charge in [-0.2, -0.15) is 0 Å². The zero-order chi connectivity index (χ0) is 20.3. The first-order valence-electron chi connectivity index (χ1n) is 8.77. The van der Waals surface area contributed by atoms with Crippen LogP contribution in [0.1, 0.15) is 18.4 Å². The molecule has 1 heterocycles. The van der Waals surface area contributed by atoms with Crippen molar-refractivity contribution in [1.29, 1.82) is 0 Å². The Labute approximate surface area is 161 Å². The van der Waals surface area contributed by atoms with E-state index in [1.807, 2.05) is 0 Å². The maximum absolute atomic E-state index is 13.7. The topological polar surface area (TPSA) is 86.7 Å². The van der Waals surface area contributed by atoms with Gasteiger partial charge in [-0.05, 0) is 42.7 Å². The van der Waals surface area contributed by atoms with Crippen LogP contribution in [0.4, 0.5) is 14.5 Å². The molecule has 1 amide bonds. The van der Waals surface area contributed by atoms with E-state index in [9.17, 15) is 27.1 Å². The molecule has 2 aromatic carbocycles. The quantitative estimate of drug-likeness (QED) is 0.792. The summed E-state index contributed by atoms with van der Waals surface area (Å²) in [6, 6.07) is 8.39. The highest BCUT2D eigenvalue weighted by atomic mass is 32.2. The van der Waals surface area contributed by atoms with Crippen LogP contribution in [0, 0.1) is 11.6 Å². The van der Waals surface area contributed by atoms with E-state index in [-0.39, 0.29) is 24.1 Å². The van der Waals surface area contributed by atoms with E-state index in [1.54, 1.807) is 17.0 Å². The van der Waals surface area contributed by atoms with Gasteiger partial charge in [-0.1, -0.05) is 12.1 Å². The third-order valence-corrected chi connectivity index (χ3v) is 5.98. The molecular formula is C19H20F2N2O4S. The molecule has 3 rings (SSSR count). The van der Waals surface area contributed by atoms with Crippen molar-refractivity contribution in [3.8, 4) is 0 Å². The zero-order valence-corrected chi connectivity index (χ0v) is 15.8. The van der Waals surface area contributed by atoms with E-state index in [1.165, 1.54) is 12.1 Å². The Morgan fingerprint density at radius 2 is 1.75 bits per heavy atom. The number of aliphatic hydroxyl groups excluding tert-OH is 1. The summed E-state index contributed by atoms with van der Waals surface area (Å²) >= 11 is 0. The molecule has 0 spiro atoms. The number of aliphatic hydroxyl groups is 1. The van der Waals surface area contributed by atoms with Crippen LogP contribution >= 0.6 is 0 Å². The largest absolute Gasteiger partial charge is 0.393 e. The standard InChI is InChI=1S/C19H20F2N2O4S/c20-14-3-6-18(17(21)12-14)28(26,27)22-15-4-1-13(2-5-15)11-19(25)23-9-7-16(24)8-10-23/h1-6,12,16,22,24H,7-11H2. The van der Waals surface area contributed by atoms with Crippen molar-refractivity contribution in [2.24, 2.45) is 0 Å². The molecule has 1 aliphatic rings. The third kappa shape index (κ3) is 4.85. The fourth-order valence-corrected chi connectivity index (χ4v) is 4.11. The first kappa shape index (κ1) is 20.2. The van der Waals surface area contributed by atoms with Crippen LogP contribution in [-0.2, 0) is 21.2 Å². The number of nitrogens with one attached hydrogen (secondary N) is 1. The number of amides is 1. The Morgan fingerprint density at radius 3 is 2.36 bits per heavy atom. The molecule has 0 radical (unpaired) electrons. The minimum Gasteiger partial charge on any atom is -0.393 e. The van der Waals surface area contributed by atoms with Gasteiger partial charge in [0.25, 0.3) is 10.0 Å². The summed E-state index contributed by atoms with van der Waals surface area (Å²) in [5.74, 6) is -2.11. The number of benzene rings is 2. The number of carbonyl (C=O) groups excluding carboxylic acids is 1. The van der Waals surface area contributed by atoms with Crippen molar-refractivity contribution in [3.05, 3.63) is 59.7 Å². The summed E-state index contributed by atoms with van der Waals surface area (Å²) in [6.45, 7) is 1.03. The molecule has 2 aromatic rings. The second kappa shape index (κ2) is 8.24. The Hall–Kier alpha value is -2.52. The molecule has 28 heavy (non-hydrogen) atoms. The van der Waals surface area contributed by atoms with Crippen LogP contribution in [0.2, 0.25) is 0 Å². The minimum atomic E-state index is -4.21. The lowest BCUT2D eigenvalue weighted by Gasteiger charge is -2.29. The number of rotatable bonds is 5. The number of hydrogen-bond acceptors (Lipinski definition) is 4. The van der Waals surface area contributed by atoms with Crippen LogP contribution in [0.3, 0.4) is 0 Å². The van der Waals surface area contributed by atoms with Crippen molar-refractivity contribution in [2.45, 2.75) is 30.3 Å². The Kier molecular flexibility index (Phi) is 5.95. The predicted molar refractivity (Wildman–Crippen MR) is 99.1 cm³/mol. The smallest absolute Gasteiger partial charge is 0.264 e. The van der Waals surface area contributed by atoms with E-state index in [0.717, 1.165) is 12.1 Å². The molecule has 2 N–H and O–H groups in total. The van der Waals surface area contributed by atoms with Crippen molar-refractivity contribution in [2.75, 3.05) is 17.8 Å². The lowest BCUT2D eigenvalue weighted by atomic mass is 10.1. The summed E-state index contributed by atoms with van der Waals surface area (Å²) in [4.78, 5) is 13.3. The molecule has 0 bridgehead atoms. The van der Waals surface area contributed by atoms with Crippen molar-refractivity contribution in [1.82, 2.24) is 4.90 Å². The highest BCUT2D eigenvalue weighted by molar-refractivity contribution is 7.92. The first-order valence-corrected chi connectivity index (χ1v) is 10.3. The second-order valence-corrected chi connectivity index (χ2v) is 8.32. The predicted octanol–water partition coefficient (Wildman–Crippen LogP) is 2.29. The van der Waals surface area contributed by atoms with E-state index >= 15 is 0 Å². The Balaban J connectivity index is 1.65. The summed E-state index contributed by atoms with van der Waals surface area (Å²) < 4.78 is 53.5.